The highest BCUT2D eigenvalue weighted by atomic mass is 16.5. The second-order valence-corrected chi connectivity index (χ2v) is 9.88. The van der Waals surface area contributed by atoms with Crippen molar-refractivity contribution in [3.63, 3.8) is 0 Å². The van der Waals surface area contributed by atoms with Crippen molar-refractivity contribution in [3.05, 3.63) is 64.7 Å². The van der Waals surface area contributed by atoms with Crippen LogP contribution in [-0.2, 0) is 27.4 Å². The number of carboxylic acid groups (broad SMARTS) is 2. The standard InChI is InChI=1S/C27H30O6/c1-27-11-9-18-19(22(27)10-12-33-27)8-7-17-13-23(32-15-16-5-3-2-4-6-16)21(14-20(17)18)24(25(28)29)26(30)31/h2-6,13-14,18-19,22,24H,7-12,15H2,1H3,(H,28,29)(H,30,31)/t18?,19?,22?,27-/m0/s1. The number of ether oxygens (including phenoxy) is 2. The van der Waals surface area contributed by atoms with E-state index in [1.807, 2.05) is 42.5 Å². The van der Waals surface area contributed by atoms with E-state index in [-0.39, 0.29) is 17.8 Å². The van der Waals surface area contributed by atoms with Gasteiger partial charge in [-0.15, -0.1) is 0 Å². The van der Waals surface area contributed by atoms with Crippen LogP contribution in [0.3, 0.4) is 0 Å². The van der Waals surface area contributed by atoms with Crippen LogP contribution in [0, 0.1) is 11.8 Å². The van der Waals surface area contributed by atoms with Crippen molar-refractivity contribution in [2.45, 2.75) is 63.1 Å². The molecule has 33 heavy (non-hydrogen) atoms. The van der Waals surface area contributed by atoms with Gasteiger partial charge in [0.15, 0.2) is 5.92 Å². The van der Waals surface area contributed by atoms with E-state index in [4.69, 9.17) is 9.47 Å². The molecule has 1 aliphatic heterocycles. The second-order valence-electron chi connectivity index (χ2n) is 9.88. The number of hydrogen-bond donors (Lipinski definition) is 2. The third-order valence-corrected chi connectivity index (χ3v) is 8.09. The van der Waals surface area contributed by atoms with Crippen LogP contribution in [0.25, 0.3) is 0 Å². The maximum absolute atomic E-state index is 12.0. The molecule has 0 spiro atoms. The number of rotatable bonds is 6. The van der Waals surface area contributed by atoms with Crippen molar-refractivity contribution in [2.24, 2.45) is 11.8 Å². The molecule has 0 aromatic heterocycles. The van der Waals surface area contributed by atoms with Crippen LogP contribution in [0.15, 0.2) is 42.5 Å². The normalized spacial score (nSPS) is 28.0. The van der Waals surface area contributed by atoms with Gasteiger partial charge in [0.05, 0.1) is 5.60 Å². The second kappa shape index (κ2) is 8.49. The van der Waals surface area contributed by atoms with E-state index >= 15 is 0 Å². The van der Waals surface area contributed by atoms with Crippen LogP contribution in [0.2, 0.25) is 0 Å². The Balaban J connectivity index is 1.53. The summed E-state index contributed by atoms with van der Waals surface area (Å²) in [6.07, 6.45) is 4.96. The molecular weight excluding hydrogens is 420 g/mol. The average molecular weight is 451 g/mol. The molecule has 1 heterocycles. The van der Waals surface area contributed by atoms with Gasteiger partial charge in [0.2, 0.25) is 0 Å². The lowest BCUT2D eigenvalue weighted by Crippen LogP contribution is -2.44. The molecule has 174 valence electrons. The van der Waals surface area contributed by atoms with E-state index in [1.54, 1.807) is 0 Å². The molecule has 6 nitrogen and oxygen atoms in total. The van der Waals surface area contributed by atoms with Crippen molar-refractivity contribution in [1.82, 2.24) is 0 Å². The van der Waals surface area contributed by atoms with Gasteiger partial charge < -0.3 is 19.7 Å². The Bertz CT molecular complexity index is 1050. The summed E-state index contributed by atoms with van der Waals surface area (Å²) in [5, 5.41) is 19.5. The predicted molar refractivity (Wildman–Crippen MR) is 121 cm³/mol. The zero-order valence-corrected chi connectivity index (χ0v) is 18.8. The molecule has 2 aromatic carbocycles. The van der Waals surface area contributed by atoms with Crippen molar-refractivity contribution in [1.29, 1.82) is 0 Å². The SMILES string of the molecule is C[C@]12CCC3c4cc(C(C(=O)O)C(=O)O)c(OCc5ccccc5)cc4CCC3C1CCO2. The van der Waals surface area contributed by atoms with Crippen LogP contribution >= 0.6 is 0 Å². The van der Waals surface area contributed by atoms with E-state index in [9.17, 15) is 19.8 Å². The smallest absolute Gasteiger partial charge is 0.322 e. The quantitative estimate of drug-likeness (QED) is 0.617. The first-order valence-corrected chi connectivity index (χ1v) is 11.8. The first-order chi connectivity index (χ1) is 15.9. The van der Waals surface area contributed by atoms with Crippen LogP contribution in [0.1, 0.15) is 66.7 Å². The summed E-state index contributed by atoms with van der Waals surface area (Å²) in [6, 6.07) is 13.3. The van der Waals surface area contributed by atoms with E-state index in [2.05, 4.69) is 6.92 Å². The first-order valence-electron chi connectivity index (χ1n) is 11.8. The fourth-order valence-electron chi connectivity index (χ4n) is 6.48. The Kier molecular flexibility index (Phi) is 5.65. The molecule has 6 heteroatoms. The lowest BCUT2D eigenvalue weighted by atomic mass is 9.58. The van der Waals surface area contributed by atoms with Gasteiger partial charge in [0.1, 0.15) is 12.4 Å². The number of hydrogen-bond acceptors (Lipinski definition) is 4. The average Bonchev–Trinajstić information content (AvgIpc) is 3.19. The molecule has 2 aliphatic carbocycles. The highest BCUT2D eigenvalue weighted by Crippen LogP contribution is 2.56. The van der Waals surface area contributed by atoms with Crippen molar-refractivity contribution in [2.75, 3.05) is 6.61 Å². The summed E-state index contributed by atoms with van der Waals surface area (Å²) in [5.41, 5.74) is 3.37. The molecule has 3 aliphatic rings. The molecule has 2 N–H and O–H groups in total. The molecular formula is C27H30O6. The topological polar surface area (TPSA) is 93.1 Å². The fraction of sp³-hybridized carbons (Fsp3) is 0.481. The minimum Gasteiger partial charge on any atom is -0.489 e. The number of carboxylic acids is 2. The van der Waals surface area contributed by atoms with Crippen molar-refractivity contribution < 1.29 is 29.3 Å². The lowest BCUT2D eigenvalue weighted by Gasteiger charge is -2.48. The van der Waals surface area contributed by atoms with Crippen LogP contribution in [0.4, 0.5) is 0 Å². The fourth-order valence-corrected chi connectivity index (χ4v) is 6.48. The third-order valence-electron chi connectivity index (χ3n) is 8.09. The maximum atomic E-state index is 12.0. The van der Waals surface area contributed by atoms with Gasteiger partial charge in [0.25, 0.3) is 0 Å². The van der Waals surface area contributed by atoms with E-state index in [0.29, 0.717) is 23.5 Å². The summed E-state index contributed by atoms with van der Waals surface area (Å²) in [6.45, 7) is 3.28. The monoisotopic (exact) mass is 450 g/mol. The molecule has 0 radical (unpaired) electrons. The van der Waals surface area contributed by atoms with Gasteiger partial charge in [-0.05, 0) is 79.5 Å². The first kappa shape index (κ1) is 22.0. The van der Waals surface area contributed by atoms with Gasteiger partial charge in [0, 0.05) is 12.2 Å². The molecule has 0 bridgehead atoms. The minimum atomic E-state index is -1.66. The number of aryl methyl sites for hydroxylation is 1. The zero-order chi connectivity index (χ0) is 23.2. The molecule has 1 saturated carbocycles. The Morgan fingerprint density at radius 3 is 2.61 bits per heavy atom. The van der Waals surface area contributed by atoms with Gasteiger partial charge in [-0.1, -0.05) is 36.4 Å². The summed E-state index contributed by atoms with van der Waals surface area (Å²) in [5.74, 6) is -2.77. The van der Waals surface area contributed by atoms with Crippen molar-refractivity contribution >= 4 is 11.9 Å². The summed E-state index contributed by atoms with van der Waals surface area (Å²) in [7, 11) is 0. The van der Waals surface area contributed by atoms with Gasteiger partial charge >= 0.3 is 11.9 Å². The molecule has 3 unspecified atom stereocenters. The lowest BCUT2D eigenvalue weighted by molar-refractivity contribution is -0.150. The van der Waals surface area contributed by atoms with Crippen molar-refractivity contribution in [3.8, 4) is 5.75 Å². The molecule has 2 fully saturated rings. The van der Waals surface area contributed by atoms with E-state index in [1.165, 1.54) is 0 Å². The summed E-state index contributed by atoms with van der Waals surface area (Å²) < 4.78 is 12.2. The molecule has 5 rings (SSSR count). The van der Waals surface area contributed by atoms with Crippen LogP contribution < -0.4 is 4.74 Å². The number of carbonyl (C=O) groups is 2. The van der Waals surface area contributed by atoms with Gasteiger partial charge in [-0.25, -0.2) is 0 Å². The van der Waals surface area contributed by atoms with E-state index < -0.39 is 17.9 Å². The highest BCUT2D eigenvalue weighted by molar-refractivity contribution is 5.99. The van der Waals surface area contributed by atoms with Crippen LogP contribution in [-0.4, -0.2) is 34.4 Å². The Labute approximate surface area is 193 Å². The zero-order valence-electron chi connectivity index (χ0n) is 18.8. The Morgan fingerprint density at radius 1 is 1.12 bits per heavy atom. The Morgan fingerprint density at radius 2 is 1.88 bits per heavy atom. The minimum absolute atomic E-state index is 0.0646. The van der Waals surface area contributed by atoms with E-state index in [0.717, 1.165) is 55.4 Å². The van der Waals surface area contributed by atoms with Gasteiger partial charge in [-0.3, -0.25) is 9.59 Å². The molecule has 4 atom stereocenters. The van der Waals surface area contributed by atoms with Gasteiger partial charge in [-0.2, -0.15) is 0 Å². The third kappa shape index (κ3) is 3.90. The maximum Gasteiger partial charge on any atom is 0.322 e. The van der Waals surface area contributed by atoms with Crippen LogP contribution in [0.5, 0.6) is 5.75 Å². The Hall–Kier alpha value is -2.86. The predicted octanol–water partition coefficient (Wildman–Crippen LogP) is 4.75. The highest BCUT2D eigenvalue weighted by Gasteiger charge is 2.51. The largest absolute Gasteiger partial charge is 0.489 e. The number of aliphatic carboxylic acids is 2. The number of benzene rings is 2. The molecule has 2 aromatic rings. The number of fused-ring (bicyclic) bond motifs is 5. The summed E-state index contributed by atoms with van der Waals surface area (Å²) in [4.78, 5) is 23.9. The molecule has 0 amide bonds. The molecule has 1 saturated heterocycles. The summed E-state index contributed by atoms with van der Waals surface area (Å²) >= 11 is 0.